The summed E-state index contributed by atoms with van der Waals surface area (Å²) in [5.41, 5.74) is 0.880. The lowest BCUT2D eigenvalue weighted by Gasteiger charge is -2.08. The molecule has 0 aliphatic rings. The van der Waals surface area contributed by atoms with Crippen molar-refractivity contribution < 1.29 is 9.53 Å². The van der Waals surface area contributed by atoms with E-state index in [9.17, 15) is 4.79 Å². The normalized spacial score (nSPS) is 10.6. The quantitative estimate of drug-likeness (QED) is 0.610. The molecule has 0 aliphatic heterocycles. The molecule has 0 bridgehead atoms. The van der Waals surface area contributed by atoms with Crippen molar-refractivity contribution in [1.82, 2.24) is 0 Å². The number of methoxy groups -OCH3 is 1. The maximum Gasteiger partial charge on any atom is 0.309 e. The molecule has 1 rings (SSSR count). The molecule has 1 aromatic rings. The molecule has 0 N–H and O–H groups in total. The highest BCUT2D eigenvalue weighted by Crippen LogP contribution is 2.30. The van der Waals surface area contributed by atoms with E-state index in [1.165, 1.54) is 7.11 Å². The molecule has 0 atom stereocenters. The number of esters is 1. The Balaban J connectivity index is 2.78. The molecule has 0 fully saturated rings. The van der Waals surface area contributed by atoms with Crippen LogP contribution in [0.2, 0.25) is 5.02 Å². The minimum Gasteiger partial charge on any atom is -0.469 e. The minimum absolute atomic E-state index is 0.250. The Kier molecular flexibility index (Phi) is 5.16. The number of benzene rings is 1. The number of carbonyl (C=O) groups excluding carboxylic acids is 1. The van der Waals surface area contributed by atoms with E-state index in [1.54, 1.807) is 11.8 Å². The fraction of sp³-hybridized carbons (Fsp3) is 0.417. The topological polar surface area (TPSA) is 26.3 Å². The maximum atomic E-state index is 11.1. The van der Waals surface area contributed by atoms with Crippen LogP contribution in [0.4, 0.5) is 0 Å². The lowest BCUT2D eigenvalue weighted by molar-refractivity contribution is -0.139. The zero-order chi connectivity index (χ0) is 12.1. The third kappa shape index (κ3) is 4.06. The van der Waals surface area contributed by atoms with Crippen molar-refractivity contribution in [3.05, 3.63) is 28.8 Å². The van der Waals surface area contributed by atoms with E-state index < -0.39 is 0 Å². The van der Waals surface area contributed by atoms with Gasteiger partial charge >= 0.3 is 5.97 Å². The van der Waals surface area contributed by atoms with Gasteiger partial charge in [-0.1, -0.05) is 31.5 Å². The van der Waals surface area contributed by atoms with Gasteiger partial charge in [0.25, 0.3) is 0 Å². The first kappa shape index (κ1) is 13.4. The van der Waals surface area contributed by atoms with Gasteiger partial charge in [0.2, 0.25) is 0 Å². The second kappa shape index (κ2) is 6.16. The Morgan fingerprint density at radius 1 is 1.50 bits per heavy atom. The number of hydrogen-bond acceptors (Lipinski definition) is 3. The zero-order valence-corrected chi connectivity index (χ0v) is 11.2. The number of carbonyl (C=O) groups is 1. The third-order valence-corrected chi connectivity index (χ3v) is 3.44. The SMILES string of the molecule is COC(=O)Cc1ccc(SC(C)C)c(Cl)c1. The van der Waals surface area contributed by atoms with Gasteiger partial charge in [0.05, 0.1) is 18.6 Å². The van der Waals surface area contributed by atoms with Crippen LogP contribution in [0, 0.1) is 0 Å². The Hall–Kier alpha value is -0.670. The van der Waals surface area contributed by atoms with Crippen molar-refractivity contribution >= 4 is 29.3 Å². The zero-order valence-electron chi connectivity index (χ0n) is 9.62. The Morgan fingerprint density at radius 3 is 2.69 bits per heavy atom. The molecule has 0 unspecified atom stereocenters. The monoisotopic (exact) mass is 258 g/mol. The molecule has 16 heavy (non-hydrogen) atoms. The highest BCUT2D eigenvalue weighted by atomic mass is 35.5. The molecule has 88 valence electrons. The van der Waals surface area contributed by atoms with E-state index in [0.717, 1.165) is 10.5 Å². The highest BCUT2D eigenvalue weighted by molar-refractivity contribution is 8.00. The molecule has 0 heterocycles. The van der Waals surface area contributed by atoms with Crippen LogP contribution in [0.5, 0.6) is 0 Å². The van der Waals surface area contributed by atoms with Gasteiger partial charge in [-0.2, -0.15) is 0 Å². The van der Waals surface area contributed by atoms with Gasteiger partial charge in [0.15, 0.2) is 0 Å². The van der Waals surface area contributed by atoms with Crippen LogP contribution in [0.15, 0.2) is 23.1 Å². The molecule has 0 radical (unpaired) electrons. The molecule has 0 saturated heterocycles. The molecule has 1 aromatic carbocycles. The van der Waals surface area contributed by atoms with Gasteiger partial charge < -0.3 is 4.74 Å². The fourth-order valence-electron chi connectivity index (χ4n) is 1.24. The van der Waals surface area contributed by atoms with E-state index in [-0.39, 0.29) is 12.4 Å². The lowest BCUT2D eigenvalue weighted by atomic mass is 10.1. The summed E-state index contributed by atoms with van der Waals surface area (Å²) in [6.45, 7) is 4.23. The standard InChI is InChI=1S/C12H15ClO2S/c1-8(2)16-11-5-4-9(6-10(11)13)7-12(14)15-3/h4-6,8H,7H2,1-3H3. The number of thioether (sulfide) groups is 1. The maximum absolute atomic E-state index is 11.1. The molecule has 4 heteroatoms. The Morgan fingerprint density at radius 2 is 2.19 bits per heavy atom. The van der Waals surface area contributed by atoms with Crippen molar-refractivity contribution in [2.24, 2.45) is 0 Å². The summed E-state index contributed by atoms with van der Waals surface area (Å²) in [5.74, 6) is -0.250. The lowest BCUT2D eigenvalue weighted by Crippen LogP contribution is -2.04. The average Bonchev–Trinajstić information content (AvgIpc) is 2.21. The summed E-state index contributed by atoms with van der Waals surface area (Å²) in [6, 6.07) is 5.68. The number of rotatable bonds is 4. The summed E-state index contributed by atoms with van der Waals surface area (Å²) in [7, 11) is 1.38. The van der Waals surface area contributed by atoms with Crippen LogP contribution in [-0.2, 0) is 16.0 Å². The molecule has 0 aromatic heterocycles. The number of hydrogen-bond donors (Lipinski definition) is 0. The molecule has 0 saturated carbocycles. The van der Waals surface area contributed by atoms with Gasteiger partial charge in [-0.3, -0.25) is 4.79 Å². The van der Waals surface area contributed by atoms with Crippen LogP contribution in [0.1, 0.15) is 19.4 Å². The first-order chi connectivity index (χ1) is 7.52. The van der Waals surface area contributed by atoms with Gasteiger partial charge in [-0.25, -0.2) is 0 Å². The fourth-order valence-corrected chi connectivity index (χ4v) is 2.41. The van der Waals surface area contributed by atoms with E-state index in [4.69, 9.17) is 11.6 Å². The second-order valence-corrected chi connectivity index (χ2v) is 5.71. The van der Waals surface area contributed by atoms with E-state index in [2.05, 4.69) is 18.6 Å². The Labute approximate surface area is 105 Å². The van der Waals surface area contributed by atoms with E-state index >= 15 is 0 Å². The predicted molar refractivity (Wildman–Crippen MR) is 68.2 cm³/mol. The smallest absolute Gasteiger partial charge is 0.309 e. The van der Waals surface area contributed by atoms with Crippen LogP contribution in [0.3, 0.4) is 0 Å². The molecular formula is C12H15ClO2S. The van der Waals surface area contributed by atoms with Crippen molar-refractivity contribution in [3.8, 4) is 0 Å². The van der Waals surface area contributed by atoms with Gasteiger partial charge in [0, 0.05) is 10.1 Å². The highest BCUT2D eigenvalue weighted by Gasteiger charge is 2.07. The van der Waals surface area contributed by atoms with Crippen molar-refractivity contribution in [2.75, 3.05) is 7.11 Å². The minimum atomic E-state index is -0.250. The van der Waals surface area contributed by atoms with Gasteiger partial charge in [-0.05, 0) is 17.7 Å². The second-order valence-electron chi connectivity index (χ2n) is 3.68. The third-order valence-electron chi connectivity index (χ3n) is 1.94. The molecular weight excluding hydrogens is 244 g/mol. The van der Waals surface area contributed by atoms with Gasteiger partial charge in [-0.15, -0.1) is 11.8 Å². The van der Waals surface area contributed by atoms with Gasteiger partial charge in [0.1, 0.15) is 0 Å². The van der Waals surface area contributed by atoms with Crippen LogP contribution >= 0.6 is 23.4 Å². The predicted octanol–water partition coefficient (Wildman–Crippen LogP) is 3.56. The van der Waals surface area contributed by atoms with Crippen LogP contribution in [-0.4, -0.2) is 18.3 Å². The first-order valence-corrected chi connectivity index (χ1v) is 6.30. The molecule has 0 amide bonds. The average molecular weight is 259 g/mol. The number of ether oxygens (including phenoxy) is 1. The van der Waals surface area contributed by atoms with Crippen molar-refractivity contribution in [3.63, 3.8) is 0 Å². The summed E-state index contributed by atoms with van der Waals surface area (Å²) >= 11 is 7.84. The van der Waals surface area contributed by atoms with E-state index in [0.29, 0.717) is 10.3 Å². The first-order valence-electron chi connectivity index (χ1n) is 5.05. The van der Waals surface area contributed by atoms with E-state index in [1.807, 2.05) is 18.2 Å². The van der Waals surface area contributed by atoms with Crippen molar-refractivity contribution in [2.45, 2.75) is 30.4 Å². The van der Waals surface area contributed by atoms with Crippen LogP contribution in [0.25, 0.3) is 0 Å². The Bertz CT molecular complexity index is 377. The van der Waals surface area contributed by atoms with Crippen molar-refractivity contribution in [1.29, 1.82) is 0 Å². The summed E-state index contributed by atoms with van der Waals surface area (Å²) in [4.78, 5) is 12.1. The summed E-state index contributed by atoms with van der Waals surface area (Å²) < 4.78 is 4.60. The molecule has 2 nitrogen and oxygen atoms in total. The summed E-state index contributed by atoms with van der Waals surface area (Å²) in [5, 5.41) is 1.18. The number of halogens is 1. The molecule has 0 aliphatic carbocycles. The largest absolute Gasteiger partial charge is 0.469 e. The summed E-state index contributed by atoms with van der Waals surface area (Å²) in [6.07, 6.45) is 0.267. The van der Waals surface area contributed by atoms with Crippen LogP contribution < -0.4 is 0 Å². The molecule has 0 spiro atoms.